The number of amides is 2. The molecule has 1 aliphatic heterocycles. The van der Waals surface area contributed by atoms with Gasteiger partial charge >= 0.3 is 0 Å². The summed E-state index contributed by atoms with van der Waals surface area (Å²) >= 11 is 0. The zero-order valence-electron chi connectivity index (χ0n) is 14.1. The lowest BCUT2D eigenvalue weighted by Gasteiger charge is -2.19. The van der Waals surface area contributed by atoms with Crippen LogP contribution in [0.25, 0.3) is 0 Å². The Morgan fingerprint density at radius 3 is 2.79 bits per heavy atom. The quantitative estimate of drug-likeness (QED) is 0.624. The summed E-state index contributed by atoms with van der Waals surface area (Å²) in [5, 5.41) is 13.8. The summed E-state index contributed by atoms with van der Waals surface area (Å²) in [4.78, 5) is 38.7. The second-order valence-electron chi connectivity index (χ2n) is 6.26. The van der Waals surface area contributed by atoms with E-state index < -0.39 is 10.8 Å². The van der Waals surface area contributed by atoms with E-state index in [0.717, 1.165) is 6.54 Å². The molecule has 1 unspecified atom stereocenters. The summed E-state index contributed by atoms with van der Waals surface area (Å²) in [7, 11) is 3.84. The Labute approximate surface area is 140 Å². The van der Waals surface area contributed by atoms with Gasteiger partial charge in [0.1, 0.15) is 5.69 Å². The van der Waals surface area contributed by atoms with Gasteiger partial charge in [0, 0.05) is 32.1 Å². The van der Waals surface area contributed by atoms with Crippen LogP contribution >= 0.6 is 0 Å². The molecule has 8 nitrogen and oxygen atoms in total. The van der Waals surface area contributed by atoms with Gasteiger partial charge in [0.2, 0.25) is 11.8 Å². The smallest absolute Gasteiger partial charge is 0.293 e. The van der Waals surface area contributed by atoms with Gasteiger partial charge in [-0.3, -0.25) is 19.7 Å². The molecule has 0 bridgehead atoms. The fourth-order valence-corrected chi connectivity index (χ4v) is 2.68. The second-order valence-corrected chi connectivity index (χ2v) is 6.26. The number of hydrogen-bond donors (Lipinski definition) is 1. The molecule has 1 aliphatic rings. The number of aryl methyl sites for hydroxylation is 1. The first-order valence-corrected chi connectivity index (χ1v) is 7.77. The fourth-order valence-electron chi connectivity index (χ4n) is 2.68. The van der Waals surface area contributed by atoms with Crippen LogP contribution in [0.3, 0.4) is 0 Å². The number of nitrogens with one attached hydrogen (secondary N) is 1. The molecule has 1 fully saturated rings. The second kappa shape index (κ2) is 7.39. The number of benzene rings is 1. The first-order valence-electron chi connectivity index (χ1n) is 7.77. The monoisotopic (exact) mass is 334 g/mol. The molecule has 2 rings (SSSR count). The highest BCUT2D eigenvalue weighted by Crippen LogP contribution is 2.29. The fraction of sp³-hybridized carbons (Fsp3) is 0.500. The zero-order valence-corrected chi connectivity index (χ0v) is 14.1. The molecule has 1 N–H and O–H groups in total. The zero-order chi connectivity index (χ0) is 17.9. The first kappa shape index (κ1) is 17.9. The van der Waals surface area contributed by atoms with Crippen molar-refractivity contribution in [3.8, 4) is 0 Å². The highest BCUT2D eigenvalue weighted by Gasteiger charge is 2.35. The Balaban J connectivity index is 2.06. The molecule has 1 atom stereocenters. The highest BCUT2D eigenvalue weighted by atomic mass is 16.6. The van der Waals surface area contributed by atoms with Gasteiger partial charge in [-0.2, -0.15) is 0 Å². The van der Waals surface area contributed by atoms with Crippen LogP contribution in [-0.4, -0.2) is 60.3 Å². The number of carbonyl (C=O) groups is 2. The Morgan fingerprint density at radius 1 is 1.46 bits per heavy atom. The van der Waals surface area contributed by atoms with Crippen LogP contribution in [-0.2, 0) is 9.59 Å². The number of rotatable bonds is 6. The van der Waals surface area contributed by atoms with Crippen molar-refractivity contribution in [3.63, 3.8) is 0 Å². The van der Waals surface area contributed by atoms with Crippen LogP contribution in [0.1, 0.15) is 12.0 Å². The van der Waals surface area contributed by atoms with E-state index in [1.54, 1.807) is 24.0 Å². The third-order valence-corrected chi connectivity index (χ3v) is 4.10. The maximum Gasteiger partial charge on any atom is 0.293 e. The molecule has 24 heavy (non-hydrogen) atoms. The minimum absolute atomic E-state index is 0.0590. The van der Waals surface area contributed by atoms with Gasteiger partial charge in [0.25, 0.3) is 5.69 Å². The standard InChI is InChI=1S/C16H22N4O4/c1-11-5-4-6-13(20(23)24)15(11)17-16(22)12-9-14(21)19(10-12)8-7-18(2)3/h4-6,12H,7-10H2,1-3H3,(H,17,22). The van der Waals surface area contributed by atoms with Crippen molar-refractivity contribution in [1.82, 2.24) is 9.80 Å². The van der Waals surface area contributed by atoms with Gasteiger partial charge in [-0.1, -0.05) is 12.1 Å². The molecular weight excluding hydrogens is 312 g/mol. The lowest BCUT2D eigenvalue weighted by molar-refractivity contribution is -0.384. The van der Waals surface area contributed by atoms with Crippen molar-refractivity contribution < 1.29 is 14.5 Å². The minimum atomic E-state index is -0.522. The van der Waals surface area contributed by atoms with Crippen LogP contribution < -0.4 is 5.32 Å². The van der Waals surface area contributed by atoms with Gasteiger partial charge in [0.15, 0.2) is 0 Å². The molecule has 1 heterocycles. The third kappa shape index (κ3) is 4.08. The highest BCUT2D eigenvalue weighted by molar-refractivity contribution is 5.99. The molecule has 0 spiro atoms. The van der Waals surface area contributed by atoms with Gasteiger partial charge in [0.05, 0.1) is 10.8 Å². The van der Waals surface area contributed by atoms with Gasteiger partial charge in [-0.25, -0.2) is 0 Å². The molecule has 0 aromatic heterocycles. The van der Waals surface area contributed by atoms with E-state index in [1.807, 2.05) is 19.0 Å². The first-order chi connectivity index (χ1) is 11.3. The number of nitro groups is 1. The number of nitrogens with zero attached hydrogens (tertiary/aromatic N) is 3. The Bertz CT molecular complexity index is 659. The van der Waals surface area contributed by atoms with E-state index in [2.05, 4.69) is 5.32 Å². The molecule has 1 aromatic carbocycles. The average Bonchev–Trinajstić information content (AvgIpc) is 2.88. The van der Waals surface area contributed by atoms with Crippen molar-refractivity contribution in [1.29, 1.82) is 0 Å². The molecule has 0 radical (unpaired) electrons. The van der Waals surface area contributed by atoms with Gasteiger partial charge in [-0.05, 0) is 26.6 Å². The predicted octanol–water partition coefficient (Wildman–Crippen LogP) is 1.25. The van der Waals surface area contributed by atoms with Crippen molar-refractivity contribution in [3.05, 3.63) is 33.9 Å². The van der Waals surface area contributed by atoms with E-state index in [9.17, 15) is 19.7 Å². The number of likely N-dealkylation sites (tertiary alicyclic amines) is 1. The number of anilines is 1. The molecule has 0 saturated carbocycles. The maximum atomic E-state index is 12.4. The Hall–Kier alpha value is -2.48. The van der Waals surface area contributed by atoms with E-state index in [1.165, 1.54) is 6.07 Å². The van der Waals surface area contributed by atoms with E-state index in [4.69, 9.17) is 0 Å². The maximum absolute atomic E-state index is 12.4. The summed E-state index contributed by atoms with van der Waals surface area (Å²) in [5.74, 6) is -0.900. The summed E-state index contributed by atoms with van der Waals surface area (Å²) in [6, 6.07) is 4.63. The molecule has 1 saturated heterocycles. The number of para-hydroxylation sites is 1. The van der Waals surface area contributed by atoms with Crippen LogP contribution in [0.5, 0.6) is 0 Å². The number of hydrogen-bond acceptors (Lipinski definition) is 5. The topological polar surface area (TPSA) is 95.8 Å². The Morgan fingerprint density at radius 2 is 2.17 bits per heavy atom. The summed E-state index contributed by atoms with van der Waals surface area (Å²) < 4.78 is 0. The van der Waals surface area contributed by atoms with Crippen molar-refractivity contribution in [2.24, 2.45) is 5.92 Å². The molecule has 8 heteroatoms. The predicted molar refractivity (Wildman–Crippen MR) is 89.7 cm³/mol. The lowest BCUT2D eigenvalue weighted by Crippen LogP contribution is -2.34. The normalized spacial score (nSPS) is 17.4. The summed E-state index contributed by atoms with van der Waals surface area (Å²) in [6.45, 7) is 3.34. The average molecular weight is 334 g/mol. The molecule has 1 aromatic rings. The lowest BCUT2D eigenvalue weighted by atomic mass is 10.1. The van der Waals surface area contributed by atoms with E-state index in [-0.39, 0.29) is 29.6 Å². The van der Waals surface area contributed by atoms with Crippen LogP contribution in [0.15, 0.2) is 18.2 Å². The van der Waals surface area contributed by atoms with E-state index >= 15 is 0 Å². The van der Waals surface area contributed by atoms with Gasteiger partial charge < -0.3 is 15.1 Å². The molecule has 130 valence electrons. The molecule has 2 amide bonds. The largest absolute Gasteiger partial charge is 0.341 e. The minimum Gasteiger partial charge on any atom is -0.341 e. The van der Waals surface area contributed by atoms with Gasteiger partial charge in [-0.15, -0.1) is 0 Å². The van der Waals surface area contributed by atoms with Crippen LogP contribution in [0.4, 0.5) is 11.4 Å². The Kier molecular flexibility index (Phi) is 5.50. The SMILES string of the molecule is Cc1cccc([N+](=O)[O-])c1NC(=O)C1CC(=O)N(CCN(C)C)C1. The van der Waals surface area contributed by atoms with Crippen LogP contribution in [0.2, 0.25) is 0 Å². The van der Waals surface area contributed by atoms with Crippen molar-refractivity contribution in [2.75, 3.05) is 39.0 Å². The summed E-state index contributed by atoms with van der Waals surface area (Å²) in [6.07, 6.45) is 0.138. The third-order valence-electron chi connectivity index (χ3n) is 4.10. The molecule has 0 aliphatic carbocycles. The van der Waals surface area contributed by atoms with Crippen LogP contribution in [0, 0.1) is 23.0 Å². The van der Waals surface area contributed by atoms with Crippen molar-refractivity contribution in [2.45, 2.75) is 13.3 Å². The number of likely N-dealkylation sites (N-methyl/N-ethyl adjacent to an activating group) is 1. The van der Waals surface area contributed by atoms with E-state index in [0.29, 0.717) is 18.7 Å². The van der Waals surface area contributed by atoms with Crippen molar-refractivity contribution >= 4 is 23.2 Å². The number of carbonyl (C=O) groups excluding carboxylic acids is 2. The summed E-state index contributed by atoms with van der Waals surface area (Å²) in [5.41, 5.74) is 0.676. The number of nitro benzene ring substituents is 1. The molecular formula is C16H22N4O4.